The lowest BCUT2D eigenvalue weighted by Gasteiger charge is -2.17. The van der Waals surface area contributed by atoms with Crippen molar-refractivity contribution in [1.82, 2.24) is 4.98 Å². The van der Waals surface area contributed by atoms with E-state index in [-0.39, 0.29) is 22.2 Å². The molecule has 1 aromatic heterocycles. The van der Waals surface area contributed by atoms with Crippen LogP contribution < -0.4 is 10.7 Å². The van der Waals surface area contributed by atoms with Crippen molar-refractivity contribution in [3.05, 3.63) is 25.1 Å². The fraction of sp³-hybridized carbons (Fsp3) is 0.400. The van der Waals surface area contributed by atoms with Crippen LogP contribution in [0.25, 0.3) is 0 Å². The Kier molecular flexibility index (Phi) is 4.01. The maximum absolute atomic E-state index is 11.7. The number of aromatic nitrogens is 1. The van der Waals surface area contributed by atoms with E-state index in [4.69, 9.17) is 11.6 Å². The van der Waals surface area contributed by atoms with E-state index < -0.39 is 5.41 Å². The number of pyridine rings is 1. The average Bonchev–Trinajstić information content (AvgIpc) is 2.08. The van der Waals surface area contributed by atoms with Crippen LogP contribution in [-0.4, -0.2) is 10.9 Å². The number of aromatic amines is 1. The molecular formula is C10H12ClIN2O2. The van der Waals surface area contributed by atoms with Gasteiger partial charge < -0.3 is 10.3 Å². The van der Waals surface area contributed by atoms with Crippen molar-refractivity contribution in [2.45, 2.75) is 20.8 Å². The minimum absolute atomic E-state index is 0.0991. The van der Waals surface area contributed by atoms with Gasteiger partial charge in [0.2, 0.25) is 11.3 Å². The molecule has 6 heteroatoms. The Hall–Kier alpha value is -0.560. The highest BCUT2D eigenvalue weighted by Crippen LogP contribution is 2.20. The quantitative estimate of drug-likeness (QED) is 0.601. The van der Waals surface area contributed by atoms with Crippen molar-refractivity contribution in [2.75, 3.05) is 5.32 Å². The van der Waals surface area contributed by atoms with E-state index in [0.717, 1.165) is 0 Å². The number of halogens is 2. The molecule has 0 atom stereocenters. The highest BCUT2D eigenvalue weighted by Gasteiger charge is 2.23. The first-order valence-corrected chi connectivity index (χ1v) is 6.07. The molecule has 1 rings (SSSR count). The van der Waals surface area contributed by atoms with E-state index in [1.165, 1.54) is 6.07 Å². The number of amides is 1. The second kappa shape index (κ2) is 4.75. The monoisotopic (exact) mass is 354 g/mol. The molecule has 0 aliphatic rings. The lowest BCUT2D eigenvalue weighted by atomic mass is 9.95. The summed E-state index contributed by atoms with van der Waals surface area (Å²) in [5.41, 5.74) is -0.772. The smallest absolute Gasteiger partial charge is 0.229 e. The molecule has 0 saturated carbocycles. The SMILES string of the molecule is CC(C)(C)C(=O)Nc1c(Cl)[nH]c(I)cc1=O. The molecule has 0 radical (unpaired) electrons. The van der Waals surface area contributed by atoms with E-state index in [1.807, 2.05) is 22.6 Å². The van der Waals surface area contributed by atoms with Crippen molar-refractivity contribution in [3.8, 4) is 0 Å². The second-order valence-electron chi connectivity index (χ2n) is 4.37. The number of nitrogens with one attached hydrogen (secondary N) is 2. The number of rotatable bonds is 1. The van der Waals surface area contributed by atoms with Crippen molar-refractivity contribution in [2.24, 2.45) is 5.41 Å². The Morgan fingerprint density at radius 2 is 2.06 bits per heavy atom. The Labute approximate surface area is 112 Å². The first-order valence-electron chi connectivity index (χ1n) is 4.61. The van der Waals surface area contributed by atoms with Crippen LogP contribution in [0, 0.1) is 9.12 Å². The fourth-order valence-corrected chi connectivity index (χ4v) is 1.87. The molecule has 0 fully saturated rings. The van der Waals surface area contributed by atoms with Crippen LogP contribution >= 0.6 is 34.2 Å². The molecule has 1 aromatic rings. The normalized spacial score (nSPS) is 11.3. The van der Waals surface area contributed by atoms with Gasteiger partial charge in [-0.05, 0) is 22.6 Å². The van der Waals surface area contributed by atoms with Crippen LogP contribution in [0.3, 0.4) is 0 Å². The molecule has 16 heavy (non-hydrogen) atoms. The Balaban J connectivity index is 3.08. The molecule has 0 aliphatic carbocycles. The van der Waals surface area contributed by atoms with Crippen LogP contribution in [0.4, 0.5) is 5.69 Å². The first-order chi connectivity index (χ1) is 7.21. The summed E-state index contributed by atoms with van der Waals surface area (Å²) in [5.74, 6) is -0.249. The van der Waals surface area contributed by atoms with Gasteiger partial charge in [0.15, 0.2) is 0 Å². The van der Waals surface area contributed by atoms with Crippen LogP contribution in [0.15, 0.2) is 10.9 Å². The zero-order valence-corrected chi connectivity index (χ0v) is 12.1. The highest BCUT2D eigenvalue weighted by atomic mass is 127. The highest BCUT2D eigenvalue weighted by molar-refractivity contribution is 14.1. The minimum Gasteiger partial charge on any atom is -0.339 e. The van der Waals surface area contributed by atoms with Gasteiger partial charge in [-0.1, -0.05) is 32.4 Å². The van der Waals surface area contributed by atoms with E-state index in [0.29, 0.717) is 3.70 Å². The summed E-state index contributed by atoms with van der Waals surface area (Å²) in [7, 11) is 0. The summed E-state index contributed by atoms with van der Waals surface area (Å²) in [6.45, 7) is 5.28. The lowest BCUT2D eigenvalue weighted by molar-refractivity contribution is -0.123. The summed E-state index contributed by atoms with van der Waals surface area (Å²) in [6.07, 6.45) is 0. The molecule has 1 heterocycles. The topological polar surface area (TPSA) is 62.0 Å². The third-order valence-electron chi connectivity index (χ3n) is 1.87. The van der Waals surface area contributed by atoms with Gasteiger partial charge in [0.05, 0.1) is 3.70 Å². The third-order valence-corrected chi connectivity index (χ3v) is 2.74. The largest absolute Gasteiger partial charge is 0.339 e. The predicted molar refractivity (Wildman–Crippen MR) is 72.9 cm³/mol. The van der Waals surface area contributed by atoms with Crippen molar-refractivity contribution < 1.29 is 4.79 Å². The third kappa shape index (κ3) is 3.21. The summed E-state index contributed by atoms with van der Waals surface area (Å²) >= 11 is 7.80. The number of carbonyl (C=O) groups is 1. The second-order valence-corrected chi connectivity index (χ2v) is 5.91. The fourth-order valence-electron chi connectivity index (χ4n) is 0.916. The number of hydrogen-bond donors (Lipinski definition) is 2. The zero-order chi connectivity index (χ0) is 12.5. The molecule has 4 nitrogen and oxygen atoms in total. The van der Waals surface area contributed by atoms with Gasteiger partial charge in [0.25, 0.3) is 0 Å². The average molecular weight is 355 g/mol. The molecule has 1 amide bonds. The molecule has 0 bridgehead atoms. The van der Waals surface area contributed by atoms with E-state index in [2.05, 4.69) is 10.3 Å². The van der Waals surface area contributed by atoms with E-state index in [9.17, 15) is 9.59 Å². The molecule has 0 spiro atoms. The zero-order valence-electron chi connectivity index (χ0n) is 9.15. The Bertz CT molecular complexity index is 477. The van der Waals surface area contributed by atoms with Crippen molar-refractivity contribution in [1.29, 1.82) is 0 Å². The van der Waals surface area contributed by atoms with Crippen molar-refractivity contribution in [3.63, 3.8) is 0 Å². The summed E-state index contributed by atoms with van der Waals surface area (Å²) < 4.78 is 0.626. The van der Waals surface area contributed by atoms with Gasteiger partial charge in [-0.25, -0.2) is 0 Å². The first kappa shape index (κ1) is 13.5. The van der Waals surface area contributed by atoms with Crippen LogP contribution in [0.2, 0.25) is 5.15 Å². The maximum atomic E-state index is 11.7. The van der Waals surface area contributed by atoms with Gasteiger partial charge in [-0.3, -0.25) is 9.59 Å². The Morgan fingerprint density at radius 1 is 1.50 bits per heavy atom. The van der Waals surface area contributed by atoms with E-state index >= 15 is 0 Å². The Morgan fingerprint density at radius 3 is 2.50 bits per heavy atom. The number of carbonyl (C=O) groups excluding carboxylic acids is 1. The maximum Gasteiger partial charge on any atom is 0.229 e. The van der Waals surface area contributed by atoms with Gasteiger partial charge in [0, 0.05) is 11.5 Å². The summed E-state index contributed by atoms with van der Waals surface area (Å²) in [6, 6.07) is 1.38. The molecule has 0 aromatic carbocycles. The van der Waals surface area contributed by atoms with Gasteiger partial charge in [-0.15, -0.1) is 0 Å². The number of anilines is 1. The molecular weight excluding hydrogens is 342 g/mol. The van der Waals surface area contributed by atoms with Gasteiger partial charge >= 0.3 is 0 Å². The number of hydrogen-bond acceptors (Lipinski definition) is 2. The van der Waals surface area contributed by atoms with Gasteiger partial charge in [0.1, 0.15) is 10.8 Å². The molecule has 2 N–H and O–H groups in total. The van der Waals surface area contributed by atoms with Crippen LogP contribution in [-0.2, 0) is 4.79 Å². The predicted octanol–water partition coefficient (Wildman–Crippen LogP) is 2.62. The summed E-state index contributed by atoms with van der Waals surface area (Å²) in [4.78, 5) is 26.1. The van der Waals surface area contributed by atoms with Crippen molar-refractivity contribution >= 4 is 45.8 Å². The van der Waals surface area contributed by atoms with Crippen LogP contribution in [0.5, 0.6) is 0 Å². The lowest BCUT2D eigenvalue weighted by Crippen LogP contribution is -2.30. The molecule has 0 unspecified atom stereocenters. The summed E-state index contributed by atoms with van der Waals surface area (Å²) in [5, 5.41) is 2.68. The number of H-pyrrole nitrogens is 1. The van der Waals surface area contributed by atoms with E-state index in [1.54, 1.807) is 20.8 Å². The molecule has 0 aliphatic heterocycles. The van der Waals surface area contributed by atoms with Crippen LogP contribution in [0.1, 0.15) is 20.8 Å². The minimum atomic E-state index is -0.571. The molecule has 88 valence electrons. The molecule has 0 saturated heterocycles. The standard InChI is InChI=1S/C10H12ClIN2O2/c1-10(2,3)9(16)14-7-5(15)4-6(12)13-8(7)11/h4H,1-3H3,(H,13,15)(H,14,16). The van der Waals surface area contributed by atoms with Gasteiger partial charge in [-0.2, -0.15) is 0 Å².